The van der Waals surface area contributed by atoms with Gasteiger partial charge >= 0.3 is 0 Å². The van der Waals surface area contributed by atoms with Crippen LogP contribution in [0.3, 0.4) is 0 Å². The molecule has 3 aromatic rings. The summed E-state index contributed by atoms with van der Waals surface area (Å²) in [4.78, 5) is 31.7. The molecule has 1 amide bonds. The highest BCUT2D eigenvalue weighted by Gasteiger charge is 2.15. The predicted octanol–water partition coefficient (Wildman–Crippen LogP) is 3.64. The van der Waals surface area contributed by atoms with E-state index in [1.807, 2.05) is 24.4 Å². The molecule has 3 aromatic heterocycles. The summed E-state index contributed by atoms with van der Waals surface area (Å²) in [5.41, 5.74) is 2.56. The summed E-state index contributed by atoms with van der Waals surface area (Å²) in [6.07, 6.45) is 4.14. The van der Waals surface area contributed by atoms with Gasteiger partial charge in [0.15, 0.2) is 6.29 Å². The van der Waals surface area contributed by atoms with Crippen molar-refractivity contribution in [2.45, 2.75) is 6.92 Å². The Hall–Kier alpha value is -2.38. The fourth-order valence-corrected chi connectivity index (χ4v) is 3.56. The number of hydrogen-bond acceptors (Lipinski definition) is 6. The molecular formula is C15H11N3O2S2. The number of hydrogen-bond donors (Lipinski definition) is 1. The summed E-state index contributed by atoms with van der Waals surface area (Å²) >= 11 is 2.71. The van der Waals surface area contributed by atoms with Crippen LogP contribution < -0.4 is 5.32 Å². The normalized spacial score (nSPS) is 10.4. The van der Waals surface area contributed by atoms with Gasteiger partial charge in [0, 0.05) is 23.3 Å². The molecule has 0 aliphatic heterocycles. The quantitative estimate of drug-likeness (QED) is 0.742. The zero-order valence-electron chi connectivity index (χ0n) is 11.6. The first kappa shape index (κ1) is 14.6. The third kappa shape index (κ3) is 2.81. The van der Waals surface area contributed by atoms with E-state index >= 15 is 0 Å². The maximum Gasteiger partial charge on any atom is 0.275 e. The van der Waals surface area contributed by atoms with Crippen molar-refractivity contribution in [3.05, 3.63) is 52.1 Å². The van der Waals surface area contributed by atoms with Crippen LogP contribution >= 0.6 is 22.7 Å². The van der Waals surface area contributed by atoms with Crippen LogP contribution in [-0.2, 0) is 0 Å². The number of amides is 1. The highest BCUT2D eigenvalue weighted by molar-refractivity contribution is 7.15. The van der Waals surface area contributed by atoms with Gasteiger partial charge in [0.25, 0.3) is 5.91 Å². The summed E-state index contributed by atoms with van der Waals surface area (Å²) < 4.78 is 0. The molecule has 0 radical (unpaired) electrons. The van der Waals surface area contributed by atoms with Gasteiger partial charge in [0.05, 0.1) is 5.56 Å². The SMILES string of the molecule is Cc1csc(NC(=O)c2csc(-c3cccnc3)n2)c1C=O. The fourth-order valence-electron chi connectivity index (χ4n) is 1.86. The first-order valence-electron chi connectivity index (χ1n) is 6.39. The zero-order chi connectivity index (χ0) is 15.5. The van der Waals surface area contributed by atoms with Gasteiger partial charge in [-0.25, -0.2) is 4.98 Å². The van der Waals surface area contributed by atoms with Crippen molar-refractivity contribution < 1.29 is 9.59 Å². The molecule has 5 nitrogen and oxygen atoms in total. The van der Waals surface area contributed by atoms with Gasteiger partial charge in [-0.15, -0.1) is 22.7 Å². The van der Waals surface area contributed by atoms with Crippen molar-refractivity contribution in [1.82, 2.24) is 9.97 Å². The highest BCUT2D eigenvalue weighted by atomic mass is 32.1. The van der Waals surface area contributed by atoms with E-state index in [0.29, 0.717) is 16.3 Å². The van der Waals surface area contributed by atoms with Gasteiger partial charge in [-0.05, 0) is 30.0 Å². The Morgan fingerprint density at radius 1 is 1.32 bits per heavy atom. The second kappa shape index (κ2) is 6.17. The lowest BCUT2D eigenvalue weighted by Gasteiger charge is -2.01. The molecule has 0 atom stereocenters. The molecule has 1 N–H and O–H groups in total. The smallest absolute Gasteiger partial charge is 0.275 e. The number of pyridine rings is 1. The molecule has 3 rings (SSSR count). The van der Waals surface area contributed by atoms with Crippen LogP contribution in [0.1, 0.15) is 26.4 Å². The second-order valence-corrected chi connectivity index (χ2v) is 6.25. The average molecular weight is 329 g/mol. The monoisotopic (exact) mass is 329 g/mol. The minimum atomic E-state index is -0.323. The number of nitrogens with zero attached hydrogens (tertiary/aromatic N) is 2. The zero-order valence-corrected chi connectivity index (χ0v) is 13.2. The number of nitrogens with one attached hydrogen (secondary N) is 1. The van der Waals surface area contributed by atoms with Crippen molar-refractivity contribution in [2.75, 3.05) is 5.32 Å². The van der Waals surface area contributed by atoms with Crippen molar-refractivity contribution in [3.8, 4) is 10.6 Å². The van der Waals surface area contributed by atoms with E-state index in [2.05, 4.69) is 15.3 Å². The largest absolute Gasteiger partial charge is 0.312 e. The number of carbonyl (C=O) groups excluding carboxylic acids is 2. The van der Waals surface area contributed by atoms with Gasteiger partial charge in [-0.3, -0.25) is 14.6 Å². The number of rotatable bonds is 4. The Morgan fingerprint density at radius 2 is 2.18 bits per heavy atom. The third-order valence-electron chi connectivity index (χ3n) is 3.01. The van der Waals surface area contributed by atoms with E-state index in [0.717, 1.165) is 22.4 Å². The molecular weight excluding hydrogens is 318 g/mol. The Kier molecular flexibility index (Phi) is 4.08. The van der Waals surface area contributed by atoms with Crippen LogP contribution in [0.2, 0.25) is 0 Å². The highest BCUT2D eigenvalue weighted by Crippen LogP contribution is 2.27. The summed E-state index contributed by atoms with van der Waals surface area (Å²) in [6, 6.07) is 3.71. The van der Waals surface area contributed by atoms with Gasteiger partial charge in [-0.2, -0.15) is 0 Å². The van der Waals surface area contributed by atoms with Crippen LogP contribution in [0.5, 0.6) is 0 Å². The van der Waals surface area contributed by atoms with Crippen molar-refractivity contribution in [3.63, 3.8) is 0 Å². The lowest BCUT2D eigenvalue weighted by atomic mass is 10.2. The lowest BCUT2D eigenvalue weighted by molar-refractivity contribution is 0.102. The van der Waals surface area contributed by atoms with Crippen molar-refractivity contribution >= 4 is 39.9 Å². The molecule has 0 spiro atoms. The van der Waals surface area contributed by atoms with E-state index in [9.17, 15) is 9.59 Å². The molecule has 0 saturated heterocycles. The van der Waals surface area contributed by atoms with Crippen LogP contribution in [0.4, 0.5) is 5.00 Å². The number of aromatic nitrogens is 2. The van der Waals surface area contributed by atoms with E-state index in [-0.39, 0.29) is 5.91 Å². The third-order valence-corrected chi connectivity index (χ3v) is 4.93. The van der Waals surface area contributed by atoms with Gasteiger partial charge in [-0.1, -0.05) is 0 Å². The molecule has 0 unspecified atom stereocenters. The summed E-state index contributed by atoms with van der Waals surface area (Å²) in [5.74, 6) is -0.323. The topological polar surface area (TPSA) is 72.0 Å². The minimum Gasteiger partial charge on any atom is -0.312 e. The van der Waals surface area contributed by atoms with Crippen LogP contribution in [0.15, 0.2) is 35.3 Å². The number of thiophene rings is 1. The lowest BCUT2D eigenvalue weighted by Crippen LogP contribution is -2.12. The number of anilines is 1. The number of thiazole rings is 1. The molecule has 0 aliphatic carbocycles. The van der Waals surface area contributed by atoms with Crippen LogP contribution in [0, 0.1) is 6.92 Å². The van der Waals surface area contributed by atoms with Gasteiger partial charge in [0.2, 0.25) is 0 Å². The van der Waals surface area contributed by atoms with E-state index in [1.165, 1.54) is 22.7 Å². The molecule has 0 aliphatic rings. The minimum absolute atomic E-state index is 0.323. The second-order valence-electron chi connectivity index (χ2n) is 4.51. The molecule has 22 heavy (non-hydrogen) atoms. The molecule has 110 valence electrons. The standard InChI is InChI=1S/C15H11N3O2S2/c1-9-7-21-15(11(9)6-19)18-13(20)12-8-22-14(17-12)10-3-2-4-16-5-10/h2-8H,1H3,(H,18,20). The van der Waals surface area contributed by atoms with E-state index in [4.69, 9.17) is 0 Å². The Balaban J connectivity index is 1.81. The molecule has 7 heteroatoms. The number of aldehydes is 1. The predicted molar refractivity (Wildman–Crippen MR) is 87.7 cm³/mol. The van der Waals surface area contributed by atoms with Crippen LogP contribution in [-0.4, -0.2) is 22.2 Å². The van der Waals surface area contributed by atoms with Gasteiger partial charge in [0.1, 0.15) is 15.7 Å². The summed E-state index contributed by atoms with van der Waals surface area (Å²) in [7, 11) is 0. The summed E-state index contributed by atoms with van der Waals surface area (Å²) in [5, 5.41) is 7.55. The maximum absolute atomic E-state index is 12.2. The van der Waals surface area contributed by atoms with Crippen molar-refractivity contribution in [2.24, 2.45) is 0 Å². The Labute approximate surface area is 134 Å². The fraction of sp³-hybridized carbons (Fsp3) is 0.0667. The van der Waals surface area contributed by atoms with Crippen LogP contribution in [0.25, 0.3) is 10.6 Å². The molecule has 0 saturated carbocycles. The van der Waals surface area contributed by atoms with E-state index < -0.39 is 0 Å². The molecule has 0 fully saturated rings. The molecule has 3 heterocycles. The average Bonchev–Trinajstić information content (AvgIpc) is 3.15. The summed E-state index contributed by atoms with van der Waals surface area (Å²) in [6.45, 7) is 1.83. The number of carbonyl (C=O) groups is 2. The maximum atomic E-state index is 12.2. The molecule has 0 bridgehead atoms. The van der Waals surface area contributed by atoms with Gasteiger partial charge < -0.3 is 5.32 Å². The molecule has 0 aromatic carbocycles. The Morgan fingerprint density at radius 3 is 2.91 bits per heavy atom. The number of aryl methyl sites for hydroxylation is 1. The van der Waals surface area contributed by atoms with E-state index in [1.54, 1.807) is 17.8 Å². The first-order chi connectivity index (χ1) is 10.7. The Bertz CT molecular complexity index is 824. The first-order valence-corrected chi connectivity index (χ1v) is 8.15. The van der Waals surface area contributed by atoms with Crippen molar-refractivity contribution in [1.29, 1.82) is 0 Å².